The first-order valence-electron chi connectivity index (χ1n) is 8.75. The Hall–Kier alpha value is -1.47. The van der Waals surface area contributed by atoms with Gasteiger partial charge in [-0.15, -0.1) is 0 Å². The fourth-order valence-corrected chi connectivity index (χ4v) is 3.35. The number of aromatic nitrogens is 3. The van der Waals surface area contributed by atoms with Gasteiger partial charge in [-0.1, -0.05) is 13.8 Å². The molecule has 0 bridgehead atoms. The maximum absolute atomic E-state index is 12.6. The van der Waals surface area contributed by atoms with Crippen LogP contribution in [-0.2, 0) is 16.0 Å². The van der Waals surface area contributed by atoms with Crippen molar-refractivity contribution >= 4 is 5.91 Å². The highest BCUT2D eigenvalue weighted by atomic mass is 16.5. The molecule has 0 spiro atoms. The summed E-state index contributed by atoms with van der Waals surface area (Å²) in [6.45, 7) is 8.99. The number of piperidine rings is 1. The minimum absolute atomic E-state index is 0.144. The van der Waals surface area contributed by atoms with Crippen molar-refractivity contribution in [1.29, 1.82) is 0 Å². The summed E-state index contributed by atoms with van der Waals surface area (Å²) >= 11 is 0. The Labute approximate surface area is 137 Å². The van der Waals surface area contributed by atoms with E-state index in [2.05, 4.69) is 33.9 Å². The predicted molar refractivity (Wildman–Crippen MR) is 86.2 cm³/mol. The van der Waals surface area contributed by atoms with Gasteiger partial charge in [-0.25, -0.2) is 4.98 Å². The highest BCUT2D eigenvalue weighted by molar-refractivity contribution is 5.81. The molecule has 7 nitrogen and oxygen atoms in total. The van der Waals surface area contributed by atoms with Crippen LogP contribution in [0.1, 0.15) is 44.3 Å². The lowest BCUT2D eigenvalue weighted by molar-refractivity contribution is -0.150. The highest BCUT2D eigenvalue weighted by Crippen LogP contribution is 2.26. The second-order valence-electron chi connectivity index (χ2n) is 6.35. The fourth-order valence-electron chi connectivity index (χ4n) is 3.35. The molecule has 1 N–H and O–H groups in total. The van der Waals surface area contributed by atoms with E-state index >= 15 is 0 Å². The average molecular weight is 321 g/mol. The van der Waals surface area contributed by atoms with Gasteiger partial charge in [0.15, 0.2) is 5.82 Å². The van der Waals surface area contributed by atoms with Crippen molar-refractivity contribution in [1.82, 2.24) is 25.0 Å². The Morgan fingerprint density at radius 2 is 2.09 bits per heavy atom. The topological polar surface area (TPSA) is 74.3 Å². The molecule has 0 radical (unpaired) electrons. The number of likely N-dealkylation sites (N-methyl/N-ethyl adjacent to an activating group) is 1. The van der Waals surface area contributed by atoms with Crippen LogP contribution in [0.15, 0.2) is 0 Å². The summed E-state index contributed by atoms with van der Waals surface area (Å²) in [6.07, 6.45) is 2.43. The summed E-state index contributed by atoms with van der Waals surface area (Å²) in [5, 5.41) is 7.30. The maximum Gasteiger partial charge on any atom is 0.253 e. The van der Waals surface area contributed by atoms with Crippen LogP contribution in [-0.4, -0.2) is 76.3 Å². The molecule has 2 fully saturated rings. The van der Waals surface area contributed by atoms with E-state index in [0.29, 0.717) is 12.5 Å². The van der Waals surface area contributed by atoms with Crippen molar-refractivity contribution < 1.29 is 9.53 Å². The van der Waals surface area contributed by atoms with Crippen molar-refractivity contribution in [2.45, 2.75) is 45.1 Å². The first-order valence-corrected chi connectivity index (χ1v) is 8.75. The van der Waals surface area contributed by atoms with E-state index in [1.165, 1.54) is 0 Å². The van der Waals surface area contributed by atoms with Gasteiger partial charge >= 0.3 is 0 Å². The molecule has 3 heterocycles. The van der Waals surface area contributed by atoms with E-state index in [-0.39, 0.29) is 12.0 Å². The zero-order valence-corrected chi connectivity index (χ0v) is 14.1. The summed E-state index contributed by atoms with van der Waals surface area (Å²) in [4.78, 5) is 21.4. The van der Waals surface area contributed by atoms with Crippen LogP contribution in [0.5, 0.6) is 0 Å². The molecule has 1 aromatic rings. The molecule has 1 amide bonds. The third kappa shape index (κ3) is 3.72. The van der Waals surface area contributed by atoms with Gasteiger partial charge in [-0.3, -0.25) is 14.8 Å². The molecule has 3 rings (SSSR count). The van der Waals surface area contributed by atoms with Crippen molar-refractivity contribution in [2.24, 2.45) is 0 Å². The lowest BCUT2D eigenvalue weighted by Crippen LogP contribution is -2.52. The van der Waals surface area contributed by atoms with Crippen LogP contribution in [0.4, 0.5) is 0 Å². The van der Waals surface area contributed by atoms with Gasteiger partial charge in [-0.2, -0.15) is 5.10 Å². The molecule has 2 aliphatic heterocycles. The summed E-state index contributed by atoms with van der Waals surface area (Å²) < 4.78 is 5.69. The summed E-state index contributed by atoms with van der Waals surface area (Å²) in [6, 6.07) is 0. The third-order valence-corrected chi connectivity index (χ3v) is 4.93. The number of aryl methyl sites for hydroxylation is 1. The van der Waals surface area contributed by atoms with Gasteiger partial charge in [-0.05, 0) is 19.4 Å². The van der Waals surface area contributed by atoms with E-state index in [0.717, 1.165) is 63.6 Å². The summed E-state index contributed by atoms with van der Waals surface area (Å²) in [5.74, 6) is 2.34. The Kier molecular flexibility index (Phi) is 5.27. The van der Waals surface area contributed by atoms with Crippen LogP contribution >= 0.6 is 0 Å². The molecular formula is C16H27N5O2. The second kappa shape index (κ2) is 7.40. The molecule has 2 aliphatic rings. The monoisotopic (exact) mass is 321 g/mol. The first kappa shape index (κ1) is 16.4. The van der Waals surface area contributed by atoms with Gasteiger partial charge in [0, 0.05) is 38.5 Å². The Balaban J connectivity index is 1.53. The molecule has 2 saturated heterocycles. The zero-order chi connectivity index (χ0) is 16.2. The molecular weight excluding hydrogens is 294 g/mol. The summed E-state index contributed by atoms with van der Waals surface area (Å²) in [7, 11) is 0. The number of nitrogens with one attached hydrogen (secondary N) is 1. The van der Waals surface area contributed by atoms with E-state index < -0.39 is 0 Å². The number of H-pyrrole nitrogens is 1. The maximum atomic E-state index is 12.6. The smallest absolute Gasteiger partial charge is 0.253 e. The summed E-state index contributed by atoms with van der Waals surface area (Å²) in [5.41, 5.74) is 0. The Bertz CT molecular complexity index is 524. The first-order chi connectivity index (χ1) is 11.2. The van der Waals surface area contributed by atoms with Crippen molar-refractivity contribution in [3.8, 4) is 0 Å². The number of morpholine rings is 1. The van der Waals surface area contributed by atoms with E-state index in [9.17, 15) is 4.79 Å². The van der Waals surface area contributed by atoms with Crippen molar-refractivity contribution in [3.05, 3.63) is 11.6 Å². The average Bonchev–Trinajstić information content (AvgIpc) is 3.10. The van der Waals surface area contributed by atoms with Gasteiger partial charge in [0.05, 0.1) is 6.61 Å². The lowest BCUT2D eigenvalue weighted by atomic mass is 9.95. The normalized spacial score (nSPS) is 24.1. The van der Waals surface area contributed by atoms with Gasteiger partial charge < -0.3 is 9.64 Å². The molecule has 128 valence electrons. The minimum atomic E-state index is -0.296. The Morgan fingerprint density at radius 3 is 2.74 bits per heavy atom. The predicted octanol–water partition coefficient (Wildman–Crippen LogP) is 0.794. The van der Waals surface area contributed by atoms with E-state index in [1.54, 1.807) is 0 Å². The largest absolute Gasteiger partial charge is 0.366 e. The minimum Gasteiger partial charge on any atom is -0.366 e. The van der Waals surface area contributed by atoms with Crippen LogP contribution in [0.25, 0.3) is 0 Å². The molecule has 1 atom stereocenters. The van der Waals surface area contributed by atoms with E-state index in [4.69, 9.17) is 4.74 Å². The number of aromatic amines is 1. The standard InChI is InChI=1S/C16H27N5O2/c1-3-14-17-15(19-18-14)12-5-7-21(8-6-12)16(22)13-11-20(4-2)9-10-23-13/h12-13H,3-11H2,1-2H3,(H,17,18,19). The number of amides is 1. The van der Waals surface area contributed by atoms with Gasteiger partial charge in [0.2, 0.25) is 0 Å². The second-order valence-corrected chi connectivity index (χ2v) is 6.35. The number of likely N-dealkylation sites (tertiary alicyclic amines) is 1. The third-order valence-electron chi connectivity index (χ3n) is 4.93. The van der Waals surface area contributed by atoms with E-state index in [1.807, 2.05) is 4.90 Å². The van der Waals surface area contributed by atoms with Crippen LogP contribution in [0.3, 0.4) is 0 Å². The molecule has 0 saturated carbocycles. The number of hydrogen-bond acceptors (Lipinski definition) is 5. The zero-order valence-electron chi connectivity index (χ0n) is 14.1. The van der Waals surface area contributed by atoms with Crippen LogP contribution < -0.4 is 0 Å². The molecule has 1 aromatic heterocycles. The molecule has 23 heavy (non-hydrogen) atoms. The molecule has 0 aliphatic carbocycles. The lowest BCUT2D eigenvalue weighted by Gasteiger charge is -2.37. The molecule has 0 aromatic carbocycles. The van der Waals surface area contributed by atoms with Crippen molar-refractivity contribution in [2.75, 3.05) is 39.3 Å². The fraction of sp³-hybridized carbons (Fsp3) is 0.812. The number of rotatable bonds is 4. The molecule has 1 unspecified atom stereocenters. The number of hydrogen-bond donors (Lipinski definition) is 1. The number of ether oxygens (including phenoxy) is 1. The van der Waals surface area contributed by atoms with Gasteiger partial charge in [0.25, 0.3) is 5.91 Å². The Morgan fingerprint density at radius 1 is 1.30 bits per heavy atom. The number of nitrogens with zero attached hydrogens (tertiary/aromatic N) is 4. The highest BCUT2D eigenvalue weighted by Gasteiger charge is 2.32. The van der Waals surface area contributed by atoms with Gasteiger partial charge in [0.1, 0.15) is 11.9 Å². The SMILES string of the molecule is CCc1nc(C2CCN(C(=O)C3CN(CC)CCO3)CC2)n[nH]1. The van der Waals surface area contributed by atoms with Crippen LogP contribution in [0.2, 0.25) is 0 Å². The molecule has 7 heteroatoms. The quantitative estimate of drug-likeness (QED) is 0.888. The van der Waals surface area contributed by atoms with Crippen LogP contribution in [0, 0.1) is 0 Å². The van der Waals surface area contributed by atoms with Crippen molar-refractivity contribution in [3.63, 3.8) is 0 Å². The number of carbonyl (C=O) groups excluding carboxylic acids is 1. The number of carbonyl (C=O) groups is 1.